The monoisotopic (exact) mass is 278 g/mol. The summed E-state index contributed by atoms with van der Waals surface area (Å²) in [7, 11) is 0. The minimum absolute atomic E-state index is 0.157. The van der Waals surface area contributed by atoms with Crippen molar-refractivity contribution in [3.8, 4) is 0 Å². The molecule has 13 heavy (non-hydrogen) atoms. The first kappa shape index (κ1) is 8.09. The first-order chi connectivity index (χ1) is 6.16. The van der Waals surface area contributed by atoms with Gasteiger partial charge in [0.15, 0.2) is 0 Å². The Kier molecular flexibility index (Phi) is 1.38. The number of hydrogen-bond donors (Lipinski definition) is 0. The van der Waals surface area contributed by atoms with E-state index in [1.807, 2.05) is 6.08 Å². The Bertz CT molecular complexity index is 349. The van der Waals surface area contributed by atoms with Crippen LogP contribution in [0, 0.1) is 17.3 Å². The molecule has 3 rings (SSSR count). The van der Waals surface area contributed by atoms with Crippen molar-refractivity contribution in [1.29, 1.82) is 0 Å². The van der Waals surface area contributed by atoms with Gasteiger partial charge in [0.1, 0.15) is 0 Å². The summed E-state index contributed by atoms with van der Waals surface area (Å²) in [5.74, 6) is -0.285. The van der Waals surface area contributed by atoms with Gasteiger partial charge < -0.3 is 0 Å². The molecule has 2 bridgehead atoms. The predicted octanol–water partition coefficient (Wildman–Crippen LogP) is 0.219. The molecule has 0 aromatic heterocycles. The third-order valence-corrected chi connectivity index (χ3v) is 6.53. The molecule has 3 nitrogen and oxygen atoms in total. The molecule has 2 fully saturated rings. The molecule has 3 aliphatic rings. The third-order valence-electron chi connectivity index (χ3n) is 3.55. The van der Waals surface area contributed by atoms with Crippen molar-refractivity contribution in [1.82, 2.24) is 0 Å². The summed E-state index contributed by atoms with van der Waals surface area (Å²) in [4.78, 5) is 22.9. The summed E-state index contributed by atoms with van der Waals surface area (Å²) in [5, 5.41) is 0. The predicted molar refractivity (Wildman–Crippen MR) is 43.8 cm³/mol. The van der Waals surface area contributed by atoms with Gasteiger partial charge >= 0.3 is 90.1 Å². The van der Waals surface area contributed by atoms with Crippen LogP contribution in [0.2, 0.25) is 3.67 Å². The number of allylic oxidation sites excluding steroid dienone is 1. The number of hydrogen-bond acceptors (Lipinski definition) is 3. The minimum atomic E-state index is -0.524. The molecule has 4 unspecified atom stereocenters. The molecule has 2 radical (unpaired) electrons. The normalized spacial score (nSPS) is 51.2. The molecule has 64 valence electrons. The molecule has 1 aliphatic heterocycles. The van der Waals surface area contributed by atoms with E-state index in [1.54, 1.807) is 0 Å². The Morgan fingerprint density at radius 1 is 1.54 bits per heavy atom. The third kappa shape index (κ3) is 0.707. The van der Waals surface area contributed by atoms with Gasteiger partial charge in [-0.15, -0.1) is 0 Å². The fourth-order valence-electron chi connectivity index (χ4n) is 2.80. The van der Waals surface area contributed by atoms with Gasteiger partial charge in [0.05, 0.1) is 0 Å². The van der Waals surface area contributed by atoms with Crippen LogP contribution in [0.5, 0.6) is 0 Å². The van der Waals surface area contributed by atoms with Crippen molar-refractivity contribution in [2.24, 2.45) is 17.3 Å². The second kappa shape index (κ2) is 2.22. The number of carbonyl (C=O) groups is 2. The van der Waals surface area contributed by atoms with E-state index in [1.165, 1.54) is 0 Å². The zero-order chi connectivity index (χ0) is 9.22. The molecule has 1 spiro atoms. The van der Waals surface area contributed by atoms with Crippen LogP contribution in [0.1, 0.15) is 6.42 Å². The number of rotatable bonds is 0. The standard InChI is InChI=1S/C9H7O3.In/c10-7-6-3-5-1-2-9(6,4-5)8(11)12-7;/h1-2,4-6H,3H2;. The van der Waals surface area contributed by atoms with Crippen molar-refractivity contribution >= 4 is 36.3 Å². The van der Waals surface area contributed by atoms with Crippen LogP contribution in [0.3, 0.4) is 0 Å². The average Bonchev–Trinajstić information content (AvgIpc) is 2.66. The molecule has 1 saturated carbocycles. The summed E-state index contributed by atoms with van der Waals surface area (Å²) >= 11 is 1.03. The molecule has 4 heteroatoms. The number of fused-ring (bicyclic) bond motifs is 1. The van der Waals surface area contributed by atoms with Crippen molar-refractivity contribution < 1.29 is 14.3 Å². The van der Waals surface area contributed by atoms with Crippen LogP contribution in [-0.4, -0.2) is 36.3 Å². The van der Waals surface area contributed by atoms with Crippen molar-refractivity contribution in [2.45, 2.75) is 10.1 Å². The molecule has 0 N–H and O–H groups in total. The second-order valence-corrected chi connectivity index (χ2v) is 6.03. The first-order valence-corrected chi connectivity index (χ1v) is 6.27. The van der Waals surface area contributed by atoms with Crippen molar-refractivity contribution in [2.75, 3.05) is 0 Å². The van der Waals surface area contributed by atoms with Crippen LogP contribution >= 0.6 is 0 Å². The molecule has 1 heterocycles. The van der Waals surface area contributed by atoms with Gasteiger partial charge in [0, 0.05) is 0 Å². The van der Waals surface area contributed by atoms with Crippen molar-refractivity contribution in [3.63, 3.8) is 0 Å². The summed E-state index contributed by atoms with van der Waals surface area (Å²) in [5.41, 5.74) is -0.524. The van der Waals surface area contributed by atoms with Crippen LogP contribution in [0.4, 0.5) is 0 Å². The van der Waals surface area contributed by atoms with Crippen LogP contribution in [0.25, 0.3) is 0 Å². The summed E-state index contributed by atoms with van der Waals surface area (Å²) in [6, 6.07) is 0. The van der Waals surface area contributed by atoms with E-state index in [-0.39, 0.29) is 17.9 Å². The topological polar surface area (TPSA) is 43.4 Å². The van der Waals surface area contributed by atoms with E-state index < -0.39 is 5.41 Å². The summed E-state index contributed by atoms with van der Waals surface area (Å²) < 4.78 is 5.09. The first-order valence-electron chi connectivity index (χ1n) is 4.37. The van der Waals surface area contributed by atoms with Crippen LogP contribution in [0.15, 0.2) is 12.2 Å². The molecule has 4 atom stereocenters. The van der Waals surface area contributed by atoms with Gasteiger partial charge in [0.25, 0.3) is 0 Å². The van der Waals surface area contributed by atoms with E-state index in [0.717, 1.165) is 30.8 Å². The van der Waals surface area contributed by atoms with E-state index >= 15 is 0 Å². The van der Waals surface area contributed by atoms with Crippen molar-refractivity contribution in [3.05, 3.63) is 12.2 Å². The fourth-order valence-corrected chi connectivity index (χ4v) is 4.98. The average molecular weight is 278 g/mol. The van der Waals surface area contributed by atoms with E-state index in [4.69, 9.17) is 4.74 Å². The second-order valence-electron chi connectivity index (χ2n) is 3.98. The fraction of sp³-hybridized carbons (Fsp3) is 0.556. The quantitative estimate of drug-likeness (QED) is 0.361. The number of esters is 2. The Labute approximate surface area is 90.1 Å². The van der Waals surface area contributed by atoms with Gasteiger partial charge in [-0.25, -0.2) is 0 Å². The van der Waals surface area contributed by atoms with Gasteiger partial charge in [0.2, 0.25) is 0 Å². The molecule has 0 aromatic carbocycles. The summed E-state index contributed by atoms with van der Waals surface area (Å²) in [6.07, 6.45) is 4.84. The molecule has 2 aliphatic carbocycles. The Hall–Kier alpha value is -0.250. The zero-order valence-corrected chi connectivity index (χ0v) is 10.2. The molecule has 0 aromatic rings. The summed E-state index contributed by atoms with van der Waals surface area (Å²) in [6.45, 7) is 0. The van der Waals surface area contributed by atoms with E-state index in [9.17, 15) is 9.59 Å². The molecular weight excluding hydrogens is 271 g/mol. The van der Waals surface area contributed by atoms with Gasteiger partial charge in [-0.2, -0.15) is 0 Å². The number of cyclic esters (lactones) is 2. The van der Waals surface area contributed by atoms with Gasteiger partial charge in [-0.1, -0.05) is 0 Å². The Morgan fingerprint density at radius 3 is 2.92 bits per heavy atom. The maximum atomic E-state index is 11.6. The maximum absolute atomic E-state index is 11.6. The number of carbonyl (C=O) groups excluding carboxylic acids is 2. The number of ether oxygens (including phenoxy) is 1. The van der Waals surface area contributed by atoms with Gasteiger partial charge in [-0.05, 0) is 0 Å². The molecule has 1 saturated heterocycles. The Balaban J connectivity index is 2.19. The molecular formula is C9H7InO3. The SMILES string of the molecule is O=C1OC(=O)C23C=CC(CC12)[CH]3[In]. The Morgan fingerprint density at radius 2 is 2.31 bits per heavy atom. The van der Waals surface area contributed by atoms with Gasteiger partial charge in [-0.3, -0.25) is 0 Å². The van der Waals surface area contributed by atoms with E-state index in [2.05, 4.69) is 6.08 Å². The van der Waals surface area contributed by atoms with Crippen LogP contribution < -0.4 is 0 Å². The van der Waals surface area contributed by atoms with E-state index in [0.29, 0.717) is 9.59 Å². The molecule has 0 amide bonds. The zero-order valence-electron chi connectivity index (χ0n) is 6.90. The van der Waals surface area contributed by atoms with Crippen LogP contribution in [-0.2, 0) is 14.3 Å².